The van der Waals surface area contributed by atoms with E-state index < -0.39 is 0 Å². The minimum absolute atomic E-state index is 0.702. The molecule has 2 aliphatic rings. The molecule has 0 N–H and O–H groups in total. The van der Waals surface area contributed by atoms with E-state index in [4.69, 9.17) is 4.98 Å². The quantitative estimate of drug-likeness (QED) is 0.852. The lowest BCUT2D eigenvalue weighted by atomic mass is 10.0. The normalized spacial score (nSPS) is 21.0. The number of para-hydroxylation sites is 1. The van der Waals surface area contributed by atoms with Gasteiger partial charge in [0.05, 0.1) is 6.20 Å². The second-order valence-electron chi connectivity index (χ2n) is 6.34. The first-order valence-corrected chi connectivity index (χ1v) is 8.11. The van der Waals surface area contributed by atoms with Crippen molar-refractivity contribution in [3.8, 4) is 0 Å². The molecule has 0 saturated carbocycles. The van der Waals surface area contributed by atoms with Crippen molar-refractivity contribution in [2.45, 2.75) is 26.2 Å². The fraction of sp³-hybridized carbons (Fsp3) is 0.471. The number of hydrogen-bond donors (Lipinski definition) is 0. The molecule has 22 heavy (non-hydrogen) atoms. The fourth-order valence-corrected chi connectivity index (χ4v) is 3.50. The Balaban J connectivity index is 1.63. The molecule has 1 aromatic carbocycles. The number of aromatic nitrogens is 3. The Morgan fingerprint density at radius 1 is 1.18 bits per heavy atom. The average Bonchev–Trinajstić information content (AvgIpc) is 2.99. The molecule has 1 saturated heterocycles. The van der Waals surface area contributed by atoms with Gasteiger partial charge in [0.25, 0.3) is 0 Å². The molecule has 4 rings (SSSR count). The second kappa shape index (κ2) is 5.55. The lowest BCUT2D eigenvalue weighted by Gasteiger charge is -2.31. The zero-order valence-electron chi connectivity index (χ0n) is 12.9. The molecule has 1 aromatic heterocycles. The molecule has 0 radical (unpaired) electrons. The molecule has 0 spiro atoms. The lowest BCUT2D eigenvalue weighted by Crippen LogP contribution is -2.35. The Bertz CT molecular complexity index is 672. The number of fused-ring (bicyclic) bond motifs is 1. The predicted molar refractivity (Wildman–Crippen MR) is 87.6 cm³/mol. The summed E-state index contributed by atoms with van der Waals surface area (Å²) in [5.74, 6) is 2.38. The Labute approximate surface area is 131 Å². The molecule has 2 aliphatic heterocycles. The number of anilines is 3. The van der Waals surface area contributed by atoms with Gasteiger partial charge in [0.15, 0.2) is 5.82 Å². The summed E-state index contributed by atoms with van der Waals surface area (Å²) in [6, 6.07) is 8.53. The van der Waals surface area contributed by atoms with Crippen LogP contribution in [0.3, 0.4) is 0 Å². The molecule has 5 heteroatoms. The highest BCUT2D eigenvalue weighted by atomic mass is 15.4. The van der Waals surface area contributed by atoms with E-state index in [9.17, 15) is 0 Å². The van der Waals surface area contributed by atoms with Crippen LogP contribution in [0.5, 0.6) is 0 Å². The third-order valence-corrected chi connectivity index (χ3v) is 4.64. The maximum absolute atomic E-state index is 4.79. The lowest BCUT2D eigenvalue weighted by molar-refractivity contribution is 0.441. The molecular weight excluding hydrogens is 274 g/mol. The monoisotopic (exact) mass is 295 g/mol. The number of rotatable bonds is 2. The first-order chi connectivity index (χ1) is 10.8. The number of hydrogen-bond acceptors (Lipinski definition) is 5. The summed E-state index contributed by atoms with van der Waals surface area (Å²) in [6.07, 6.45) is 5.35. The van der Waals surface area contributed by atoms with Crippen LogP contribution in [0.4, 0.5) is 17.5 Å². The average molecular weight is 295 g/mol. The van der Waals surface area contributed by atoms with E-state index in [0.29, 0.717) is 5.92 Å². The molecule has 0 aliphatic carbocycles. The molecule has 3 heterocycles. The molecule has 0 amide bonds. The molecule has 0 bridgehead atoms. The first-order valence-electron chi connectivity index (χ1n) is 8.11. The van der Waals surface area contributed by atoms with Gasteiger partial charge in [0.1, 0.15) is 0 Å². The van der Waals surface area contributed by atoms with Crippen LogP contribution in [0.1, 0.15) is 25.3 Å². The maximum Gasteiger partial charge on any atom is 0.247 e. The van der Waals surface area contributed by atoms with Gasteiger partial charge in [-0.2, -0.15) is 10.1 Å². The van der Waals surface area contributed by atoms with E-state index in [1.54, 1.807) is 6.20 Å². The maximum atomic E-state index is 4.79. The third kappa shape index (κ3) is 2.40. The molecular formula is C17H21N5. The summed E-state index contributed by atoms with van der Waals surface area (Å²) in [4.78, 5) is 9.31. The van der Waals surface area contributed by atoms with E-state index >= 15 is 0 Å². The summed E-state index contributed by atoms with van der Waals surface area (Å²) in [7, 11) is 0. The minimum atomic E-state index is 0.702. The second-order valence-corrected chi connectivity index (χ2v) is 6.34. The van der Waals surface area contributed by atoms with Gasteiger partial charge in [0.2, 0.25) is 5.95 Å². The molecule has 5 nitrogen and oxygen atoms in total. The summed E-state index contributed by atoms with van der Waals surface area (Å²) in [5.41, 5.74) is 2.63. The first kappa shape index (κ1) is 13.5. The van der Waals surface area contributed by atoms with Gasteiger partial charge in [-0.3, -0.25) is 0 Å². The van der Waals surface area contributed by atoms with Crippen molar-refractivity contribution < 1.29 is 0 Å². The molecule has 1 atom stereocenters. The Morgan fingerprint density at radius 3 is 3.00 bits per heavy atom. The van der Waals surface area contributed by atoms with Crippen molar-refractivity contribution >= 4 is 17.5 Å². The topological polar surface area (TPSA) is 45.2 Å². The van der Waals surface area contributed by atoms with Crippen molar-refractivity contribution in [1.29, 1.82) is 0 Å². The van der Waals surface area contributed by atoms with E-state index in [1.165, 1.54) is 24.1 Å². The van der Waals surface area contributed by atoms with Crippen molar-refractivity contribution in [3.63, 3.8) is 0 Å². The van der Waals surface area contributed by atoms with Crippen LogP contribution < -0.4 is 9.80 Å². The smallest absolute Gasteiger partial charge is 0.247 e. The molecule has 1 fully saturated rings. The Morgan fingerprint density at radius 2 is 2.09 bits per heavy atom. The van der Waals surface area contributed by atoms with Gasteiger partial charge >= 0.3 is 0 Å². The summed E-state index contributed by atoms with van der Waals surface area (Å²) < 4.78 is 0. The van der Waals surface area contributed by atoms with Crippen LogP contribution in [0, 0.1) is 5.92 Å². The van der Waals surface area contributed by atoms with Crippen LogP contribution in [0.2, 0.25) is 0 Å². The van der Waals surface area contributed by atoms with Crippen LogP contribution >= 0.6 is 0 Å². The van der Waals surface area contributed by atoms with Crippen molar-refractivity contribution in [2.75, 3.05) is 29.4 Å². The van der Waals surface area contributed by atoms with Crippen LogP contribution in [0.25, 0.3) is 0 Å². The van der Waals surface area contributed by atoms with Gasteiger partial charge in [0, 0.05) is 25.3 Å². The predicted octanol–water partition coefficient (Wildman–Crippen LogP) is 2.80. The Hall–Kier alpha value is -2.17. The number of nitrogens with zero attached hydrogens (tertiary/aromatic N) is 5. The van der Waals surface area contributed by atoms with Crippen LogP contribution in [-0.4, -0.2) is 34.8 Å². The highest BCUT2D eigenvalue weighted by Gasteiger charge is 2.23. The van der Waals surface area contributed by atoms with E-state index in [2.05, 4.69) is 51.2 Å². The summed E-state index contributed by atoms with van der Waals surface area (Å²) in [6.45, 7) is 5.32. The van der Waals surface area contributed by atoms with Gasteiger partial charge in [-0.15, -0.1) is 5.10 Å². The van der Waals surface area contributed by atoms with Crippen LogP contribution in [-0.2, 0) is 6.42 Å². The number of piperidine rings is 1. The van der Waals surface area contributed by atoms with Crippen LogP contribution in [0.15, 0.2) is 30.5 Å². The molecule has 1 unspecified atom stereocenters. The molecule has 2 aromatic rings. The summed E-state index contributed by atoms with van der Waals surface area (Å²) in [5, 5.41) is 8.47. The van der Waals surface area contributed by atoms with Gasteiger partial charge in [-0.1, -0.05) is 25.1 Å². The Kier molecular flexibility index (Phi) is 3.41. The third-order valence-electron chi connectivity index (χ3n) is 4.64. The highest BCUT2D eigenvalue weighted by molar-refractivity contribution is 5.67. The van der Waals surface area contributed by atoms with Crippen molar-refractivity contribution in [1.82, 2.24) is 15.2 Å². The van der Waals surface area contributed by atoms with Gasteiger partial charge in [-0.25, -0.2) is 0 Å². The number of benzene rings is 1. The zero-order chi connectivity index (χ0) is 14.9. The standard InChI is InChI=1S/C17H21N5/c1-13-5-4-9-21(12-13)17-19-16(11-18-20-17)22-10-8-14-6-2-3-7-15(14)22/h2-3,6-7,11,13H,4-5,8-10,12H2,1H3. The fourth-order valence-electron chi connectivity index (χ4n) is 3.50. The van der Waals surface area contributed by atoms with Gasteiger partial charge < -0.3 is 9.80 Å². The van der Waals surface area contributed by atoms with Gasteiger partial charge in [-0.05, 0) is 36.8 Å². The molecule has 114 valence electrons. The minimum Gasteiger partial charge on any atom is -0.339 e. The SMILES string of the molecule is CC1CCCN(c2nncc(N3CCc4ccccc43)n2)C1. The van der Waals surface area contributed by atoms with E-state index in [0.717, 1.165) is 37.8 Å². The highest BCUT2D eigenvalue weighted by Crippen LogP contribution is 2.33. The van der Waals surface area contributed by atoms with Crippen molar-refractivity contribution in [3.05, 3.63) is 36.0 Å². The van der Waals surface area contributed by atoms with E-state index in [-0.39, 0.29) is 0 Å². The summed E-state index contributed by atoms with van der Waals surface area (Å²) >= 11 is 0. The van der Waals surface area contributed by atoms with Crippen molar-refractivity contribution in [2.24, 2.45) is 5.92 Å². The van der Waals surface area contributed by atoms with E-state index in [1.807, 2.05) is 0 Å². The largest absolute Gasteiger partial charge is 0.339 e. The zero-order valence-corrected chi connectivity index (χ0v) is 12.9.